The van der Waals surface area contributed by atoms with Crippen molar-refractivity contribution in [3.05, 3.63) is 30.2 Å². The molecule has 1 saturated heterocycles. The van der Waals surface area contributed by atoms with Gasteiger partial charge >= 0.3 is 114 Å². The molecular formula is C12H14CoN3S-. The van der Waals surface area contributed by atoms with Crippen LogP contribution in [0.25, 0.3) is 0 Å². The van der Waals surface area contributed by atoms with Crippen LogP contribution in [-0.2, 0) is 15.3 Å². The van der Waals surface area contributed by atoms with Crippen LogP contribution in [0.3, 0.4) is 0 Å². The van der Waals surface area contributed by atoms with E-state index in [2.05, 4.69) is 26.7 Å². The van der Waals surface area contributed by atoms with Crippen molar-refractivity contribution in [3.8, 4) is 0 Å². The van der Waals surface area contributed by atoms with Crippen LogP contribution in [0.15, 0.2) is 18.2 Å². The molecule has 0 radical (unpaired) electrons. The number of rotatable bonds is 3. The van der Waals surface area contributed by atoms with Crippen LogP contribution in [0.1, 0.15) is 12.5 Å². The molecule has 0 aromatic heterocycles. The summed E-state index contributed by atoms with van der Waals surface area (Å²) < 4.78 is 0.906. The Hall–Kier alpha value is -0.914. The van der Waals surface area contributed by atoms with Crippen molar-refractivity contribution in [2.75, 3.05) is 23.0 Å². The number of anilines is 2. The summed E-state index contributed by atoms with van der Waals surface area (Å²) in [6, 6.07) is 6.13. The number of nitrogens with one attached hydrogen (secondary N) is 2. The van der Waals surface area contributed by atoms with Gasteiger partial charge in [-0.25, -0.2) is 0 Å². The molecule has 3 nitrogen and oxygen atoms in total. The van der Waals surface area contributed by atoms with Crippen LogP contribution in [0.5, 0.6) is 0 Å². The van der Waals surface area contributed by atoms with E-state index in [0.29, 0.717) is 5.17 Å². The van der Waals surface area contributed by atoms with Gasteiger partial charge in [-0.2, -0.15) is 0 Å². The molecule has 0 bridgehead atoms. The second-order valence-electron chi connectivity index (χ2n) is 3.59. The Balaban J connectivity index is 2.48. The van der Waals surface area contributed by atoms with E-state index in [1.165, 1.54) is 11.8 Å². The quantitative estimate of drug-likeness (QED) is 0.840. The van der Waals surface area contributed by atoms with E-state index in [9.17, 15) is 0 Å². The summed E-state index contributed by atoms with van der Waals surface area (Å²) in [6.45, 7) is 2.00. The Bertz CT molecular complexity index is 457. The fourth-order valence-electron chi connectivity index (χ4n) is 1.73. The molecule has 1 aliphatic rings. The monoisotopic (exact) mass is 291 g/mol. The maximum absolute atomic E-state index is 7.96. The summed E-state index contributed by atoms with van der Waals surface area (Å²) >= 11 is 6.01. The molecule has 17 heavy (non-hydrogen) atoms. The van der Waals surface area contributed by atoms with E-state index >= 15 is 0 Å². The van der Waals surface area contributed by atoms with Crippen molar-refractivity contribution in [1.82, 2.24) is 0 Å². The van der Waals surface area contributed by atoms with Crippen LogP contribution in [0.4, 0.5) is 11.4 Å². The molecule has 1 fully saturated rings. The maximum atomic E-state index is 7.96. The third-order valence-corrected chi connectivity index (χ3v) is 4.14. The molecule has 5 heteroatoms. The van der Waals surface area contributed by atoms with Crippen molar-refractivity contribution in [1.29, 1.82) is 5.41 Å². The Morgan fingerprint density at radius 2 is 2.29 bits per heavy atom. The normalized spacial score (nSPS) is 15.4. The van der Waals surface area contributed by atoms with E-state index in [-0.39, 0.29) is 0 Å². The zero-order valence-corrected chi connectivity index (χ0v) is 11.6. The van der Waals surface area contributed by atoms with Crippen molar-refractivity contribution >= 4 is 32.9 Å². The number of amidine groups is 1. The van der Waals surface area contributed by atoms with Crippen LogP contribution in [-0.4, -0.2) is 22.5 Å². The minimum atomic E-state index is 0.532. The topological polar surface area (TPSA) is 39.1 Å². The van der Waals surface area contributed by atoms with Crippen molar-refractivity contribution in [3.63, 3.8) is 0 Å². The van der Waals surface area contributed by atoms with E-state index in [1.807, 2.05) is 37.4 Å². The van der Waals surface area contributed by atoms with Gasteiger partial charge in [-0.15, -0.1) is 0 Å². The van der Waals surface area contributed by atoms with Gasteiger partial charge in [-0.3, -0.25) is 0 Å². The number of thioether (sulfide) groups is 1. The Labute approximate surface area is 114 Å². The molecule has 0 aliphatic carbocycles. The predicted octanol–water partition coefficient (Wildman–Crippen LogP) is 2.47. The van der Waals surface area contributed by atoms with Gasteiger partial charge in [0, 0.05) is 0 Å². The van der Waals surface area contributed by atoms with Crippen molar-refractivity contribution in [2.24, 2.45) is 0 Å². The molecule has 0 amide bonds. The summed E-state index contributed by atoms with van der Waals surface area (Å²) in [5.41, 5.74) is 3.16. The predicted molar refractivity (Wildman–Crippen MR) is 72.7 cm³/mol. The van der Waals surface area contributed by atoms with E-state index in [1.54, 1.807) is 0 Å². The molecule has 0 saturated carbocycles. The van der Waals surface area contributed by atoms with Gasteiger partial charge in [0.2, 0.25) is 0 Å². The van der Waals surface area contributed by atoms with Crippen LogP contribution in [0.2, 0.25) is 0 Å². The van der Waals surface area contributed by atoms with Gasteiger partial charge in [0.25, 0.3) is 0 Å². The van der Waals surface area contributed by atoms with Crippen LogP contribution in [0, 0.1) is 11.8 Å². The Kier molecular flexibility index (Phi) is 3.81. The molecule has 2 N–H and O–H groups in total. The van der Waals surface area contributed by atoms with Gasteiger partial charge in [-0.1, -0.05) is 0 Å². The van der Waals surface area contributed by atoms with E-state index < -0.39 is 0 Å². The van der Waals surface area contributed by atoms with E-state index in [4.69, 9.17) is 5.41 Å². The van der Waals surface area contributed by atoms with Gasteiger partial charge in [0.05, 0.1) is 0 Å². The van der Waals surface area contributed by atoms with Gasteiger partial charge in [-0.05, 0) is 0 Å². The summed E-state index contributed by atoms with van der Waals surface area (Å²) in [6.07, 6.45) is 2.05. The fourth-order valence-corrected chi connectivity index (χ4v) is 2.98. The number of nitrogens with zero attached hydrogens (tertiary/aromatic N) is 1. The molecular weight excluding hydrogens is 277 g/mol. The van der Waals surface area contributed by atoms with Gasteiger partial charge < -0.3 is 0 Å². The summed E-state index contributed by atoms with van der Waals surface area (Å²) in [7, 11) is 1.89. The summed E-state index contributed by atoms with van der Waals surface area (Å²) in [5.74, 6) is 0.770. The standard InChI is InChI=1S/C12H14N3S.Co/c1-3-9-4-5-10(14-2)8-11(9)15-6-7-16-12(15)13;/h3-5,8,13-14H,7H2,1-2H3;/q-1;. The van der Waals surface area contributed by atoms with Crippen molar-refractivity contribution < 1.29 is 15.3 Å². The number of hydrogen-bond acceptors (Lipinski definition) is 3. The first-order valence-electron chi connectivity index (χ1n) is 5.29. The Morgan fingerprint density at radius 1 is 1.53 bits per heavy atom. The van der Waals surface area contributed by atoms with Gasteiger partial charge in [0.15, 0.2) is 0 Å². The molecule has 0 atom stereocenters. The molecule has 1 aliphatic heterocycles. The molecule has 1 aromatic carbocycles. The van der Waals surface area contributed by atoms with Crippen molar-refractivity contribution in [2.45, 2.75) is 6.92 Å². The minimum absolute atomic E-state index is 0.532. The molecule has 1 aromatic rings. The Morgan fingerprint density at radius 3 is 2.82 bits per heavy atom. The molecule has 93 valence electrons. The third kappa shape index (κ3) is 2.36. The second kappa shape index (κ2) is 5.16. The molecule has 1 heterocycles. The zero-order valence-electron chi connectivity index (χ0n) is 9.71. The SMILES string of the molecule is C[CH-]c1ccc(NC)cc1N1C(=N)SC[C]1=[Co]. The molecule has 0 spiro atoms. The zero-order chi connectivity index (χ0) is 12.4. The summed E-state index contributed by atoms with van der Waals surface area (Å²) in [5, 5.41) is 11.6. The average Bonchev–Trinajstić information content (AvgIpc) is 2.68. The van der Waals surface area contributed by atoms with Gasteiger partial charge in [0.1, 0.15) is 0 Å². The average molecular weight is 291 g/mol. The molecule has 2 rings (SSSR count). The first-order valence-corrected chi connectivity index (χ1v) is 6.79. The second-order valence-corrected chi connectivity index (χ2v) is 5.16. The first kappa shape index (κ1) is 12.5. The number of hydrogen-bond donors (Lipinski definition) is 2. The fraction of sp³-hybridized carbons (Fsp3) is 0.250. The number of benzene rings is 1. The summed E-state index contributed by atoms with van der Waals surface area (Å²) in [4.78, 5) is 1.89. The van der Waals surface area contributed by atoms with Crippen LogP contribution < -0.4 is 10.2 Å². The third-order valence-electron chi connectivity index (χ3n) is 2.63. The van der Waals surface area contributed by atoms with E-state index in [0.717, 1.165) is 27.3 Å². The first-order chi connectivity index (χ1) is 8.17. The van der Waals surface area contributed by atoms with Crippen LogP contribution >= 0.6 is 11.8 Å². The molecule has 0 unspecified atom stereocenters.